The van der Waals surface area contributed by atoms with Crippen LogP contribution in [0, 0.1) is 29.1 Å². The van der Waals surface area contributed by atoms with E-state index in [1.807, 2.05) is 12.1 Å². The van der Waals surface area contributed by atoms with Gasteiger partial charge < -0.3 is 0 Å². The fourth-order valence-corrected chi connectivity index (χ4v) is 5.32. The Labute approximate surface area is 154 Å². The molecular formula is C24H35N. The van der Waals surface area contributed by atoms with Crippen molar-refractivity contribution in [2.24, 2.45) is 17.8 Å². The summed E-state index contributed by atoms with van der Waals surface area (Å²) in [6.07, 6.45) is 17.6. The van der Waals surface area contributed by atoms with Crippen LogP contribution in [0.2, 0.25) is 0 Å². The molecule has 1 aromatic carbocycles. The largest absolute Gasteiger partial charge is 0.192 e. The fraction of sp³-hybridized carbons (Fsp3) is 0.708. The van der Waals surface area contributed by atoms with Crippen molar-refractivity contribution >= 4 is 0 Å². The van der Waals surface area contributed by atoms with Gasteiger partial charge in [0.05, 0.1) is 11.6 Å². The normalized spacial score (nSPS) is 26.1. The number of nitriles is 1. The molecule has 2 saturated carbocycles. The van der Waals surface area contributed by atoms with Crippen molar-refractivity contribution in [1.82, 2.24) is 0 Å². The first kappa shape index (κ1) is 18.5. The third-order valence-corrected chi connectivity index (χ3v) is 7.07. The highest BCUT2D eigenvalue weighted by Crippen LogP contribution is 2.41. The molecular weight excluding hydrogens is 302 g/mol. The lowest BCUT2D eigenvalue weighted by atomic mass is 9.70. The average molecular weight is 338 g/mol. The number of hydrogen-bond donors (Lipinski definition) is 0. The Balaban J connectivity index is 1.34. The molecule has 2 aliphatic rings. The molecule has 1 nitrogen and oxygen atoms in total. The van der Waals surface area contributed by atoms with Crippen molar-refractivity contribution in [2.45, 2.75) is 89.9 Å². The highest BCUT2D eigenvalue weighted by molar-refractivity contribution is 5.32. The zero-order chi connectivity index (χ0) is 17.5. The third kappa shape index (κ3) is 5.34. The summed E-state index contributed by atoms with van der Waals surface area (Å²) in [5.74, 6) is 3.75. The Morgan fingerprint density at radius 1 is 0.920 bits per heavy atom. The van der Waals surface area contributed by atoms with Crippen LogP contribution in [0.15, 0.2) is 24.3 Å². The standard InChI is InChI=1S/C24H35N/c1-19(22-14-12-21(18-25)13-15-22)6-5-7-20-10-16-24(17-11-20)23-8-3-2-4-9-23/h12-15,19-20,23-24H,2-11,16-17H2,1H3/t19?,20-,24-. The predicted octanol–water partition coefficient (Wildman–Crippen LogP) is 7.22. The first-order chi connectivity index (χ1) is 12.3. The first-order valence-electron chi connectivity index (χ1n) is 10.8. The van der Waals surface area contributed by atoms with Crippen LogP contribution in [-0.2, 0) is 0 Å². The molecule has 0 heterocycles. The van der Waals surface area contributed by atoms with Gasteiger partial charge in [-0.15, -0.1) is 0 Å². The van der Waals surface area contributed by atoms with E-state index < -0.39 is 0 Å². The minimum atomic E-state index is 0.617. The van der Waals surface area contributed by atoms with Gasteiger partial charge in [-0.3, -0.25) is 0 Å². The summed E-state index contributed by atoms with van der Waals surface area (Å²) in [7, 11) is 0. The van der Waals surface area contributed by atoms with Gasteiger partial charge in [-0.25, -0.2) is 0 Å². The molecule has 1 aromatic rings. The van der Waals surface area contributed by atoms with E-state index in [-0.39, 0.29) is 0 Å². The zero-order valence-corrected chi connectivity index (χ0v) is 16.1. The van der Waals surface area contributed by atoms with E-state index in [0.29, 0.717) is 5.92 Å². The topological polar surface area (TPSA) is 23.8 Å². The summed E-state index contributed by atoms with van der Waals surface area (Å²) < 4.78 is 0. The van der Waals surface area contributed by atoms with E-state index >= 15 is 0 Å². The highest BCUT2D eigenvalue weighted by Gasteiger charge is 2.28. The molecule has 1 unspecified atom stereocenters. The van der Waals surface area contributed by atoms with Gasteiger partial charge in [0, 0.05) is 0 Å². The fourth-order valence-electron chi connectivity index (χ4n) is 5.32. The van der Waals surface area contributed by atoms with Gasteiger partial charge in [0.1, 0.15) is 0 Å². The minimum absolute atomic E-state index is 0.617. The molecule has 0 aliphatic heterocycles. The molecule has 25 heavy (non-hydrogen) atoms. The van der Waals surface area contributed by atoms with Crippen LogP contribution in [0.4, 0.5) is 0 Å². The van der Waals surface area contributed by atoms with Crippen LogP contribution in [0.3, 0.4) is 0 Å². The van der Waals surface area contributed by atoms with Crippen molar-refractivity contribution in [2.75, 3.05) is 0 Å². The molecule has 1 heteroatoms. The molecule has 0 radical (unpaired) electrons. The van der Waals surface area contributed by atoms with Gasteiger partial charge in [0.25, 0.3) is 0 Å². The molecule has 3 rings (SSSR count). The summed E-state index contributed by atoms with van der Waals surface area (Å²) >= 11 is 0. The number of hydrogen-bond acceptors (Lipinski definition) is 1. The summed E-state index contributed by atoms with van der Waals surface area (Å²) in [5, 5.41) is 8.90. The van der Waals surface area contributed by atoms with Crippen molar-refractivity contribution in [3.05, 3.63) is 35.4 Å². The Morgan fingerprint density at radius 2 is 1.56 bits per heavy atom. The van der Waals surface area contributed by atoms with Gasteiger partial charge in [-0.05, 0) is 60.6 Å². The summed E-state index contributed by atoms with van der Waals surface area (Å²) in [5.41, 5.74) is 2.16. The molecule has 0 spiro atoms. The van der Waals surface area contributed by atoms with E-state index in [1.165, 1.54) is 82.6 Å². The van der Waals surface area contributed by atoms with Gasteiger partial charge in [-0.2, -0.15) is 5.26 Å². The quantitative estimate of drug-likeness (QED) is 0.537. The lowest BCUT2D eigenvalue weighted by molar-refractivity contribution is 0.162. The van der Waals surface area contributed by atoms with E-state index in [1.54, 1.807) is 0 Å². The molecule has 0 bridgehead atoms. The van der Waals surface area contributed by atoms with Crippen LogP contribution in [0.5, 0.6) is 0 Å². The van der Waals surface area contributed by atoms with Crippen molar-refractivity contribution in [3.8, 4) is 6.07 Å². The summed E-state index contributed by atoms with van der Waals surface area (Å²) in [6.45, 7) is 2.33. The van der Waals surface area contributed by atoms with E-state index in [4.69, 9.17) is 5.26 Å². The Kier molecular flexibility index (Phi) is 6.97. The van der Waals surface area contributed by atoms with E-state index in [2.05, 4.69) is 25.1 Å². The average Bonchev–Trinajstić information content (AvgIpc) is 2.69. The van der Waals surface area contributed by atoms with Crippen LogP contribution in [-0.4, -0.2) is 0 Å². The van der Waals surface area contributed by atoms with Crippen molar-refractivity contribution < 1.29 is 0 Å². The van der Waals surface area contributed by atoms with Crippen LogP contribution >= 0.6 is 0 Å². The molecule has 0 aromatic heterocycles. The maximum Gasteiger partial charge on any atom is 0.0991 e. The molecule has 2 aliphatic carbocycles. The molecule has 2 fully saturated rings. The van der Waals surface area contributed by atoms with Crippen LogP contribution < -0.4 is 0 Å². The van der Waals surface area contributed by atoms with E-state index in [0.717, 1.165) is 23.3 Å². The lowest BCUT2D eigenvalue weighted by Gasteiger charge is -2.36. The Morgan fingerprint density at radius 3 is 2.20 bits per heavy atom. The van der Waals surface area contributed by atoms with Crippen LogP contribution in [0.25, 0.3) is 0 Å². The van der Waals surface area contributed by atoms with Gasteiger partial charge >= 0.3 is 0 Å². The number of rotatable bonds is 6. The smallest absolute Gasteiger partial charge is 0.0991 e. The molecule has 136 valence electrons. The molecule has 0 N–H and O–H groups in total. The number of nitrogens with zero attached hydrogens (tertiary/aromatic N) is 1. The minimum Gasteiger partial charge on any atom is -0.192 e. The van der Waals surface area contributed by atoms with Gasteiger partial charge in [-0.1, -0.05) is 76.8 Å². The van der Waals surface area contributed by atoms with Crippen LogP contribution in [0.1, 0.15) is 101 Å². The molecule has 0 amide bonds. The second kappa shape index (κ2) is 9.42. The van der Waals surface area contributed by atoms with Crippen molar-refractivity contribution in [1.29, 1.82) is 5.26 Å². The van der Waals surface area contributed by atoms with E-state index in [9.17, 15) is 0 Å². The zero-order valence-electron chi connectivity index (χ0n) is 16.1. The Hall–Kier alpha value is -1.29. The second-order valence-electron chi connectivity index (χ2n) is 8.74. The van der Waals surface area contributed by atoms with Crippen molar-refractivity contribution in [3.63, 3.8) is 0 Å². The second-order valence-corrected chi connectivity index (χ2v) is 8.74. The third-order valence-electron chi connectivity index (χ3n) is 7.07. The Bertz CT molecular complexity index is 538. The monoisotopic (exact) mass is 337 g/mol. The highest BCUT2D eigenvalue weighted by atomic mass is 14.3. The van der Waals surface area contributed by atoms with Gasteiger partial charge in [0.2, 0.25) is 0 Å². The SMILES string of the molecule is CC(CCC[C@H]1CC[C@H](C2CCCCC2)CC1)c1ccc(C#N)cc1. The first-order valence-corrected chi connectivity index (χ1v) is 10.8. The number of benzene rings is 1. The maximum atomic E-state index is 8.90. The molecule has 0 saturated heterocycles. The summed E-state index contributed by atoms with van der Waals surface area (Å²) in [6, 6.07) is 10.4. The predicted molar refractivity (Wildman–Crippen MR) is 105 cm³/mol. The lowest BCUT2D eigenvalue weighted by Crippen LogP contribution is -2.23. The maximum absolute atomic E-state index is 8.90. The van der Waals surface area contributed by atoms with Gasteiger partial charge in [0.15, 0.2) is 0 Å². The summed E-state index contributed by atoms with van der Waals surface area (Å²) in [4.78, 5) is 0. The molecule has 1 atom stereocenters.